The summed E-state index contributed by atoms with van der Waals surface area (Å²) >= 11 is 1.34. The Morgan fingerprint density at radius 2 is 1.82 bits per heavy atom. The van der Waals surface area contributed by atoms with Gasteiger partial charge in [0.15, 0.2) is 5.13 Å². The molecular formula is C21H18N2O4S. The number of benzene rings is 2. The van der Waals surface area contributed by atoms with Crippen LogP contribution < -0.4 is 5.32 Å². The van der Waals surface area contributed by atoms with Gasteiger partial charge in [-0.25, -0.2) is 4.98 Å². The van der Waals surface area contributed by atoms with E-state index in [1.54, 1.807) is 0 Å². The highest BCUT2D eigenvalue weighted by Gasteiger charge is 2.55. The van der Waals surface area contributed by atoms with Crippen molar-refractivity contribution >= 4 is 39.1 Å². The number of aromatic nitrogens is 1. The average molecular weight is 394 g/mol. The quantitative estimate of drug-likeness (QED) is 0.703. The number of hydrogen-bond acceptors (Lipinski definition) is 5. The van der Waals surface area contributed by atoms with Crippen molar-refractivity contribution in [3.8, 4) is 11.3 Å². The zero-order chi connectivity index (χ0) is 19.3. The number of aliphatic carboxylic acids is 1. The SMILES string of the molecule is O=C(O)[C@@H]1[C@@H](C(=O)Nc2nc(-c3ccc4ccccc4c3)cs2)[C@H]2CC[C@H]1O2. The minimum atomic E-state index is -0.969. The van der Waals surface area contributed by atoms with E-state index >= 15 is 0 Å². The predicted octanol–water partition coefficient (Wildman–Crippen LogP) is 3.78. The fourth-order valence-corrected chi connectivity index (χ4v) is 5.05. The molecule has 2 aromatic carbocycles. The van der Waals surface area contributed by atoms with Crippen LogP contribution in [0.2, 0.25) is 0 Å². The summed E-state index contributed by atoms with van der Waals surface area (Å²) in [5, 5.41) is 16.9. The van der Waals surface area contributed by atoms with Crippen LogP contribution in [0.4, 0.5) is 5.13 Å². The molecule has 3 aromatic rings. The molecule has 28 heavy (non-hydrogen) atoms. The van der Waals surface area contributed by atoms with Gasteiger partial charge in [0, 0.05) is 10.9 Å². The highest BCUT2D eigenvalue weighted by molar-refractivity contribution is 7.14. The topological polar surface area (TPSA) is 88.5 Å². The molecular weight excluding hydrogens is 376 g/mol. The van der Waals surface area contributed by atoms with Gasteiger partial charge in [0.25, 0.3) is 0 Å². The average Bonchev–Trinajstić information content (AvgIpc) is 3.43. The third kappa shape index (κ3) is 2.87. The Balaban J connectivity index is 1.36. The molecule has 1 aromatic heterocycles. The van der Waals surface area contributed by atoms with Crippen LogP contribution in [-0.4, -0.2) is 34.2 Å². The van der Waals surface area contributed by atoms with Crippen LogP contribution >= 0.6 is 11.3 Å². The van der Waals surface area contributed by atoms with Gasteiger partial charge in [-0.3, -0.25) is 9.59 Å². The summed E-state index contributed by atoms with van der Waals surface area (Å²) in [6.07, 6.45) is 0.760. The normalized spacial score (nSPS) is 25.9. The van der Waals surface area contributed by atoms with Crippen molar-refractivity contribution in [1.82, 2.24) is 4.98 Å². The second-order valence-corrected chi connectivity index (χ2v) is 8.13. The summed E-state index contributed by atoms with van der Waals surface area (Å²) in [5.41, 5.74) is 1.76. The van der Waals surface area contributed by atoms with Crippen LogP contribution in [0.1, 0.15) is 12.8 Å². The Kier molecular flexibility index (Phi) is 4.14. The molecule has 4 atom stereocenters. The molecule has 2 N–H and O–H groups in total. The van der Waals surface area contributed by atoms with E-state index in [1.807, 2.05) is 29.6 Å². The predicted molar refractivity (Wildman–Crippen MR) is 106 cm³/mol. The number of fused-ring (bicyclic) bond motifs is 3. The number of amides is 1. The third-order valence-corrected chi connectivity index (χ3v) is 6.40. The number of carbonyl (C=O) groups is 2. The molecule has 5 rings (SSSR count). The summed E-state index contributed by atoms with van der Waals surface area (Å²) in [4.78, 5) is 28.9. The molecule has 6 nitrogen and oxygen atoms in total. The van der Waals surface area contributed by atoms with Crippen molar-refractivity contribution in [1.29, 1.82) is 0 Å². The smallest absolute Gasteiger partial charge is 0.310 e. The lowest BCUT2D eigenvalue weighted by Gasteiger charge is -2.23. The van der Waals surface area contributed by atoms with Crippen LogP contribution in [0.25, 0.3) is 22.0 Å². The maximum atomic E-state index is 12.8. The molecule has 2 saturated heterocycles. The Bertz CT molecular complexity index is 1080. The largest absolute Gasteiger partial charge is 0.481 e. The van der Waals surface area contributed by atoms with E-state index in [-0.39, 0.29) is 18.1 Å². The summed E-state index contributed by atoms with van der Waals surface area (Å²) in [5.74, 6) is -2.73. The Morgan fingerprint density at radius 1 is 1.07 bits per heavy atom. The highest BCUT2D eigenvalue weighted by atomic mass is 32.1. The van der Waals surface area contributed by atoms with Crippen LogP contribution in [0, 0.1) is 11.8 Å². The van der Waals surface area contributed by atoms with Gasteiger partial charge in [-0.2, -0.15) is 0 Å². The van der Waals surface area contributed by atoms with Crippen molar-refractivity contribution in [3.63, 3.8) is 0 Å². The Labute approximate surface area is 165 Å². The molecule has 2 aliphatic heterocycles. The molecule has 0 radical (unpaired) electrons. The maximum absolute atomic E-state index is 12.8. The third-order valence-electron chi connectivity index (χ3n) is 5.64. The number of carboxylic acid groups (broad SMARTS) is 1. The van der Waals surface area contributed by atoms with Gasteiger partial charge < -0.3 is 15.2 Å². The lowest BCUT2D eigenvalue weighted by Crippen LogP contribution is -2.40. The highest BCUT2D eigenvalue weighted by Crippen LogP contribution is 2.44. The molecule has 0 saturated carbocycles. The monoisotopic (exact) mass is 394 g/mol. The molecule has 0 spiro atoms. The standard InChI is InChI=1S/C21H18N2O4S/c24-19(17-15-7-8-16(27-15)18(17)20(25)26)23-21-22-14(10-28-21)13-6-5-11-3-1-2-4-12(11)9-13/h1-6,9-10,15-18H,7-8H2,(H,25,26)(H,22,23,24)/t15-,16-,17+,18+/m1/s1. The second kappa shape index (κ2) is 6.68. The van der Waals surface area contributed by atoms with E-state index in [9.17, 15) is 14.7 Å². The first-order valence-electron chi connectivity index (χ1n) is 9.24. The molecule has 2 fully saturated rings. The number of carbonyl (C=O) groups excluding carboxylic acids is 1. The molecule has 0 aliphatic carbocycles. The van der Waals surface area contributed by atoms with E-state index in [0.717, 1.165) is 28.5 Å². The van der Waals surface area contributed by atoms with Crippen molar-refractivity contribution < 1.29 is 19.4 Å². The molecule has 2 bridgehead atoms. The summed E-state index contributed by atoms with van der Waals surface area (Å²) in [6.45, 7) is 0. The number of nitrogens with zero attached hydrogens (tertiary/aromatic N) is 1. The van der Waals surface area contributed by atoms with Crippen molar-refractivity contribution in [2.45, 2.75) is 25.0 Å². The number of rotatable bonds is 4. The van der Waals surface area contributed by atoms with Gasteiger partial charge in [-0.15, -0.1) is 11.3 Å². The molecule has 2 aliphatic rings. The number of hydrogen-bond donors (Lipinski definition) is 2. The van der Waals surface area contributed by atoms with Gasteiger partial charge in [-0.1, -0.05) is 36.4 Å². The van der Waals surface area contributed by atoms with Crippen molar-refractivity contribution in [3.05, 3.63) is 47.8 Å². The van der Waals surface area contributed by atoms with E-state index in [4.69, 9.17) is 4.74 Å². The van der Waals surface area contributed by atoms with E-state index in [2.05, 4.69) is 28.5 Å². The number of thiazole rings is 1. The zero-order valence-electron chi connectivity index (χ0n) is 14.9. The van der Waals surface area contributed by atoms with Crippen molar-refractivity contribution in [2.24, 2.45) is 11.8 Å². The van der Waals surface area contributed by atoms with Gasteiger partial charge in [-0.05, 0) is 29.7 Å². The number of carboxylic acids is 1. The maximum Gasteiger partial charge on any atom is 0.310 e. The summed E-state index contributed by atoms with van der Waals surface area (Å²) < 4.78 is 5.67. The first-order valence-corrected chi connectivity index (χ1v) is 10.1. The van der Waals surface area contributed by atoms with E-state index in [0.29, 0.717) is 11.6 Å². The lowest BCUT2D eigenvalue weighted by molar-refractivity contribution is -0.147. The van der Waals surface area contributed by atoms with Gasteiger partial charge in [0.1, 0.15) is 0 Å². The van der Waals surface area contributed by atoms with Crippen LogP contribution in [0.3, 0.4) is 0 Å². The summed E-state index contributed by atoms with van der Waals surface area (Å²) in [7, 11) is 0. The van der Waals surface area contributed by atoms with Gasteiger partial charge >= 0.3 is 5.97 Å². The minimum Gasteiger partial charge on any atom is -0.481 e. The molecule has 0 unspecified atom stereocenters. The first-order chi connectivity index (χ1) is 13.6. The fourth-order valence-electron chi connectivity index (χ4n) is 4.33. The first kappa shape index (κ1) is 17.3. The molecule has 142 valence electrons. The Morgan fingerprint density at radius 3 is 2.61 bits per heavy atom. The second-order valence-electron chi connectivity index (χ2n) is 7.27. The molecule has 3 heterocycles. The van der Waals surface area contributed by atoms with Gasteiger partial charge in [0.2, 0.25) is 5.91 Å². The fraction of sp³-hybridized carbons (Fsp3) is 0.286. The minimum absolute atomic E-state index is 0.314. The van der Waals surface area contributed by atoms with Crippen LogP contribution in [-0.2, 0) is 14.3 Å². The van der Waals surface area contributed by atoms with E-state index in [1.165, 1.54) is 11.3 Å². The summed E-state index contributed by atoms with van der Waals surface area (Å²) in [6, 6.07) is 14.2. The lowest BCUT2D eigenvalue weighted by atomic mass is 9.79. The van der Waals surface area contributed by atoms with Gasteiger partial charge in [0.05, 0.1) is 29.7 Å². The number of nitrogens with one attached hydrogen (secondary N) is 1. The van der Waals surface area contributed by atoms with Crippen LogP contribution in [0.15, 0.2) is 47.8 Å². The Hall–Kier alpha value is -2.77. The number of ether oxygens (including phenoxy) is 1. The van der Waals surface area contributed by atoms with Crippen LogP contribution in [0.5, 0.6) is 0 Å². The van der Waals surface area contributed by atoms with E-state index < -0.39 is 17.8 Å². The molecule has 7 heteroatoms. The van der Waals surface area contributed by atoms with Crippen molar-refractivity contribution in [2.75, 3.05) is 5.32 Å². The molecule has 1 amide bonds. The number of anilines is 1. The zero-order valence-corrected chi connectivity index (χ0v) is 15.7.